The third kappa shape index (κ3) is 3.99. The average Bonchev–Trinajstić information content (AvgIpc) is 3.16. The van der Waals surface area contributed by atoms with Crippen molar-refractivity contribution in [2.75, 3.05) is 19.8 Å². The van der Waals surface area contributed by atoms with Gasteiger partial charge in [0.25, 0.3) is 0 Å². The Kier molecular flexibility index (Phi) is 5.74. The predicted octanol–water partition coefficient (Wildman–Crippen LogP) is 4.84. The van der Waals surface area contributed by atoms with Crippen LogP contribution in [0.1, 0.15) is 55.3 Å². The third-order valence-electron chi connectivity index (χ3n) is 8.09. The summed E-state index contributed by atoms with van der Waals surface area (Å²) in [5.74, 6) is 2.98. The zero-order valence-corrected chi connectivity index (χ0v) is 19.0. The molecule has 0 radical (unpaired) electrons. The van der Waals surface area contributed by atoms with E-state index in [1.165, 1.54) is 36.1 Å². The summed E-state index contributed by atoms with van der Waals surface area (Å²) in [6, 6.07) is 13.0. The second kappa shape index (κ2) is 8.38. The van der Waals surface area contributed by atoms with Gasteiger partial charge in [0.15, 0.2) is 0 Å². The van der Waals surface area contributed by atoms with E-state index in [4.69, 9.17) is 14.5 Å². The molecule has 2 aliphatic carbocycles. The lowest BCUT2D eigenvalue weighted by Crippen LogP contribution is -2.48. The lowest BCUT2D eigenvalue weighted by Gasteiger charge is -2.47. The van der Waals surface area contributed by atoms with Gasteiger partial charge in [0, 0.05) is 42.4 Å². The molecular formula is C26H33ClN2O2. The molecule has 3 heterocycles. The first-order valence-electron chi connectivity index (χ1n) is 11.8. The summed E-state index contributed by atoms with van der Waals surface area (Å²) in [7, 11) is 0. The zero-order valence-electron chi connectivity index (χ0n) is 18.1. The van der Waals surface area contributed by atoms with Crippen LogP contribution in [0.25, 0.3) is 0 Å². The smallest absolute Gasteiger partial charge is 0.127 e. The first-order valence-corrected chi connectivity index (χ1v) is 11.8. The Morgan fingerprint density at radius 2 is 1.97 bits per heavy atom. The fourth-order valence-electron chi connectivity index (χ4n) is 6.54. The number of rotatable bonds is 6. The molecule has 31 heavy (non-hydrogen) atoms. The largest absolute Gasteiger partial charge is 0.493 e. The average molecular weight is 441 g/mol. The first kappa shape index (κ1) is 21.2. The number of ether oxygens (including phenoxy) is 2. The van der Waals surface area contributed by atoms with E-state index in [2.05, 4.69) is 35.6 Å². The molecule has 1 aromatic carbocycles. The lowest BCUT2D eigenvalue weighted by atomic mass is 9.67. The number of hydrogen-bond acceptors (Lipinski definition) is 4. The van der Waals surface area contributed by atoms with Crippen molar-refractivity contribution in [3.8, 4) is 5.75 Å². The highest BCUT2D eigenvalue weighted by Gasteiger charge is 2.58. The summed E-state index contributed by atoms with van der Waals surface area (Å²) in [4.78, 5) is 4.84. The van der Waals surface area contributed by atoms with E-state index in [-0.39, 0.29) is 23.4 Å². The minimum absolute atomic E-state index is 0. The van der Waals surface area contributed by atoms with Crippen LogP contribution < -0.4 is 10.1 Å². The number of fused-ring (bicyclic) bond motifs is 2. The van der Waals surface area contributed by atoms with E-state index in [0.717, 1.165) is 69.6 Å². The maximum atomic E-state index is 6.47. The minimum atomic E-state index is 0. The summed E-state index contributed by atoms with van der Waals surface area (Å²) >= 11 is 0. The molecule has 1 N–H and O–H groups in total. The van der Waals surface area contributed by atoms with Crippen molar-refractivity contribution in [2.24, 2.45) is 11.8 Å². The van der Waals surface area contributed by atoms with Crippen LogP contribution in [0.3, 0.4) is 0 Å². The third-order valence-corrected chi connectivity index (χ3v) is 8.09. The Morgan fingerprint density at radius 3 is 2.81 bits per heavy atom. The molecule has 2 aliphatic heterocycles. The van der Waals surface area contributed by atoms with Crippen molar-refractivity contribution in [2.45, 2.75) is 62.5 Å². The topological polar surface area (TPSA) is 43.4 Å². The second-order valence-electron chi connectivity index (χ2n) is 10.0. The van der Waals surface area contributed by atoms with Gasteiger partial charge in [0.05, 0.1) is 12.2 Å². The summed E-state index contributed by atoms with van der Waals surface area (Å²) < 4.78 is 12.3. The summed E-state index contributed by atoms with van der Waals surface area (Å²) in [5.41, 5.74) is 4.14. The Bertz CT molecular complexity index is 911. The Balaban J connectivity index is 0.00000204. The second-order valence-corrected chi connectivity index (χ2v) is 10.0. The maximum Gasteiger partial charge on any atom is 0.127 e. The fraction of sp³-hybridized carbons (Fsp3) is 0.577. The summed E-state index contributed by atoms with van der Waals surface area (Å²) in [5, 5.41) is 3.72. The lowest BCUT2D eigenvalue weighted by molar-refractivity contribution is -0.111. The molecule has 3 fully saturated rings. The molecule has 2 saturated carbocycles. The minimum Gasteiger partial charge on any atom is -0.493 e. The van der Waals surface area contributed by atoms with Crippen LogP contribution in [0.4, 0.5) is 0 Å². The molecule has 0 bridgehead atoms. The summed E-state index contributed by atoms with van der Waals surface area (Å²) in [6.07, 6.45) is 10.3. The van der Waals surface area contributed by atoms with E-state index in [1.807, 2.05) is 12.3 Å². The first-order chi connectivity index (χ1) is 14.8. The highest BCUT2D eigenvalue weighted by Crippen LogP contribution is 2.61. The van der Waals surface area contributed by atoms with Crippen molar-refractivity contribution in [3.63, 3.8) is 0 Å². The number of nitrogens with one attached hydrogen (secondary N) is 1. The van der Waals surface area contributed by atoms with Gasteiger partial charge in [-0.2, -0.15) is 0 Å². The van der Waals surface area contributed by atoms with Gasteiger partial charge in [-0.05, 0) is 74.6 Å². The van der Waals surface area contributed by atoms with Crippen LogP contribution in [-0.4, -0.2) is 30.3 Å². The Hall–Kier alpha value is -1.62. The van der Waals surface area contributed by atoms with Crippen molar-refractivity contribution in [1.29, 1.82) is 0 Å². The van der Waals surface area contributed by atoms with Crippen LogP contribution >= 0.6 is 12.4 Å². The van der Waals surface area contributed by atoms with Gasteiger partial charge in [-0.1, -0.05) is 24.3 Å². The number of nitrogens with zero attached hydrogens (tertiary/aromatic N) is 1. The predicted molar refractivity (Wildman–Crippen MR) is 124 cm³/mol. The monoisotopic (exact) mass is 440 g/mol. The van der Waals surface area contributed by atoms with Crippen LogP contribution in [0, 0.1) is 11.8 Å². The molecule has 3 atom stereocenters. The fourth-order valence-corrected chi connectivity index (χ4v) is 6.54. The normalized spacial score (nSPS) is 32.8. The Morgan fingerprint density at radius 1 is 1.06 bits per heavy atom. The van der Waals surface area contributed by atoms with Gasteiger partial charge >= 0.3 is 0 Å². The molecular weight excluding hydrogens is 408 g/mol. The number of para-hydroxylation sites is 1. The van der Waals surface area contributed by atoms with Gasteiger partial charge in [-0.15, -0.1) is 12.4 Å². The van der Waals surface area contributed by atoms with E-state index in [0.29, 0.717) is 0 Å². The number of pyridine rings is 1. The van der Waals surface area contributed by atoms with Gasteiger partial charge in [0.1, 0.15) is 5.75 Å². The van der Waals surface area contributed by atoms with Crippen LogP contribution in [0.2, 0.25) is 0 Å². The molecule has 5 heteroatoms. The van der Waals surface area contributed by atoms with E-state index in [9.17, 15) is 0 Å². The SMILES string of the molecule is Cl.c1ccc(C2(CCNCc3cccc4c3OCC4)CCOC3(CC4CC4C3)C2)nc1. The number of halogens is 1. The highest BCUT2D eigenvalue weighted by atomic mass is 35.5. The van der Waals surface area contributed by atoms with Crippen molar-refractivity contribution >= 4 is 12.4 Å². The molecule has 0 amide bonds. The molecule has 1 saturated heterocycles. The number of aromatic nitrogens is 1. The van der Waals surface area contributed by atoms with E-state index in [1.54, 1.807) is 0 Å². The van der Waals surface area contributed by atoms with Crippen molar-refractivity contribution in [3.05, 3.63) is 59.4 Å². The molecule has 6 rings (SSSR count). The highest BCUT2D eigenvalue weighted by molar-refractivity contribution is 5.85. The maximum absolute atomic E-state index is 6.47. The van der Waals surface area contributed by atoms with Crippen LogP contribution in [0.5, 0.6) is 5.75 Å². The van der Waals surface area contributed by atoms with Gasteiger partial charge < -0.3 is 14.8 Å². The molecule has 1 spiro atoms. The standard InChI is InChI=1S/C26H32N2O2.ClH/c1-2-10-28-23(6-1)25(9-13-30-26(18-25)15-21-14-22(21)16-26)8-11-27-17-20-5-3-4-19-7-12-29-24(19)20;/h1-6,10,21-22,27H,7-9,11-18H2;1H. The number of benzene rings is 1. The Labute approximate surface area is 191 Å². The van der Waals surface area contributed by atoms with Gasteiger partial charge in [-0.3, -0.25) is 4.98 Å². The molecule has 3 unspecified atom stereocenters. The molecule has 4 aliphatic rings. The number of hydrogen-bond donors (Lipinski definition) is 1. The summed E-state index contributed by atoms with van der Waals surface area (Å²) in [6.45, 7) is 3.55. The van der Waals surface area contributed by atoms with Gasteiger partial charge in [0.2, 0.25) is 0 Å². The van der Waals surface area contributed by atoms with Gasteiger partial charge in [-0.25, -0.2) is 0 Å². The van der Waals surface area contributed by atoms with Crippen LogP contribution in [0.15, 0.2) is 42.6 Å². The van der Waals surface area contributed by atoms with E-state index < -0.39 is 0 Å². The van der Waals surface area contributed by atoms with E-state index >= 15 is 0 Å². The molecule has 4 nitrogen and oxygen atoms in total. The molecule has 2 aromatic rings. The molecule has 1 aromatic heterocycles. The zero-order chi connectivity index (χ0) is 20.0. The van der Waals surface area contributed by atoms with Crippen LogP contribution in [-0.2, 0) is 23.1 Å². The van der Waals surface area contributed by atoms with Crippen molar-refractivity contribution in [1.82, 2.24) is 10.3 Å². The van der Waals surface area contributed by atoms with Crippen molar-refractivity contribution < 1.29 is 9.47 Å². The quantitative estimate of drug-likeness (QED) is 0.653. The molecule has 166 valence electrons.